The molecule has 0 aromatic heterocycles. The van der Waals surface area contributed by atoms with Crippen LogP contribution in [0.15, 0.2) is 60.7 Å². The summed E-state index contributed by atoms with van der Waals surface area (Å²) in [6, 6.07) is 17.8. The van der Waals surface area contributed by atoms with E-state index < -0.39 is 11.4 Å². The molecule has 2 aromatic carbocycles. The number of anilines is 1. The highest BCUT2D eigenvalue weighted by molar-refractivity contribution is 5.96. The Bertz CT molecular complexity index is 625. The van der Waals surface area contributed by atoms with Gasteiger partial charge in [-0.05, 0) is 24.6 Å². The summed E-state index contributed by atoms with van der Waals surface area (Å²) in [5.74, 6) is -1.34. The van der Waals surface area contributed by atoms with Gasteiger partial charge in [-0.25, -0.2) is 0 Å². The molecule has 2 aromatic rings. The molecule has 0 saturated heterocycles. The van der Waals surface area contributed by atoms with Crippen LogP contribution in [0, 0.1) is 0 Å². The second kappa shape index (κ2) is 6.22. The van der Waals surface area contributed by atoms with E-state index in [4.69, 9.17) is 0 Å². The molecular formula is C17H17NO3. The van der Waals surface area contributed by atoms with Crippen molar-refractivity contribution in [2.45, 2.75) is 18.8 Å². The standard InChI is InChI=1S/C17H17NO3/c1-17(16(20)21,13-8-4-2-5-9-13)12-15(19)18-14-10-6-3-7-11-14/h2-11H,12H2,1H3,(H,18,19)(H,20,21)/t17-/m0/s1. The van der Waals surface area contributed by atoms with Crippen LogP contribution in [0.2, 0.25) is 0 Å². The molecule has 4 heteroatoms. The van der Waals surface area contributed by atoms with E-state index in [1.165, 1.54) is 0 Å². The lowest BCUT2D eigenvalue weighted by molar-refractivity contribution is -0.145. The maximum atomic E-state index is 12.1. The van der Waals surface area contributed by atoms with Crippen LogP contribution in [0.25, 0.3) is 0 Å². The van der Waals surface area contributed by atoms with E-state index in [-0.39, 0.29) is 12.3 Å². The third kappa shape index (κ3) is 3.48. The first-order chi connectivity index (χ1) is 10.0. The highest BCUT2D eigenvalue weighted by Crippen LogP contribution is 2.28. The molecule has 0 saturated carbocycles. The van der Waals surface area contributed by atoms with Crippen molar-refractivity contribution in [3.8, 4) is 0 Å². The number of aliphatic carboxylic acids is 1. The Labute approximate surface area is 123 Å². The van der Waals surface area contributed by atoms with Gasteiger partial charge in [0, 0.05) is 12.1 Å². The van der Waals surface area contributed by atoms with Crippen LogP contribution in [-0.4, -0.2) is 17.0 Å². The molecule has 0 unspecified atom stereocenters. The number of carboxylic acids is 1. The molecule has 2 rings (SSSR count). The third-order valence-electron chi connectivity index (χ3n) is 3.45. The molecule has 0 aliphatic heterocycles. The summed E-state index contributed by atoms with van der Waals surface area (Å²) < 4.78 is 0. The Morgan fingerprint density at radius 1 is 1.00 bits per heavy atom. The highest BCUT2D eigenvalue weighted by Gasteiger charge is 2.37. The molecule has 2 N–H and O–H groups in total. The van der Waals surface area contributed by atoms with Crippen molar-refractivity contribution < 1.29 is 14.7 Å². The Morgan fingerprint density at radius 2 is 1.52 bits per heavy atom. The molecule has 0 aliphatic carbocycles. The fourth-order valence-electron chi connectivity index (χ4n) is 2.15. The summed E-state index contributed by atoms with van der Waals surface area (Å²) in [5, 5.41) is 12.2. The van der Waals surface area contributed by atoms with Gasteiger partial charge in [0.2, 0.25) is 5.91 Å². The van der Waals surface area contributed by atoms with E-state index >= 15 is 0 Å². The Morgan fingerprint density at radius 3 is 2.05 bits per heavy atom. The molecule has 0 spiro atoms. The second-order valence-electron chi connectivity index (χ2n) is 5.09. The maximum absolute atomic E-state index is 12.1. The molecule has 4 nitrogen and oxygen atoms in total. The number of hydrogen-bond acceptors (Lipinski definition) is 2. The van der Waals surface area contributed by atoms with Crippen molar-refractivity contribution in [2.24, 2.45) is 0 Å². The minimum Gasteiger partial charge on any atom is -0.481 e. The molecule has 0 bridgehead atoms. The zero-order valence-electron chi connectivity index (χ0n) is 11.7. The van der Waals surface area contributed by atoms with Crippen LogP contribution in [0.1, 0.15) is 18.9 Å². The minimum absolute atomic E-state index is 0.124. The van der Waals surface area contributed by atoms with Crippen LogP contribution in [0.4, 0.5) is 5.69 Å². The van der Waals surface area contributed by atoms with Crippen LogP contribution >= 0.6 is 0 Å². The number of para-hydroxylation sites is 1. The molecule has 1 atom stereocenters. The van der Waals surface area contributed by atoms with E-state index in [9.17, 15) is 14.7 Å². The molecule has 0 radical (unpaired) electrons. The highest BCUT2D eigenvalue weighted by atomic mass is 16.4. The normalized spacial score (nSPS) is 13.2. The first-order valence-electron chi connectivity index (χ1n) is 6.66. The van der Waals surface area contributed by atoms with Gasteiger partial charge in [-0.15, -0.1) is 0 Å². The number of carbonyl (C=O) groups excluding carboxylic acids is 1. The monoisotopic (exact) mass is 283 g/mol. The van der Waals surface area contributed by atoms with Crippen LogP contribution in [0.3, 0.4) is 0 Å². The SMILES string of the molecule is C[C@@](CC(=O)Nc1ccccc1)(C(=O)O)c1ccccc1. The van der Waals surface area contributed by atoms with Crippen molar-refractivity contribution >= 4 is 17.6 Å². The zero-order valence-corrected chi connectivity index (χ0v) is 11.7. The molecule has 21 heavy (non-hydrogen) atoms. The lowest BCUT2D eigenvalue weighted by atomic mass is 9.79. The number of nitrogens with one attached hydrogen (secondary N) is 1. The van der Waals surface area contributed by atoms with Gasteiger partial charge in [-0.1, -0.05) is 48.5 Å². The van der Waals surface area contributed by atoms with Gasteiger partial charge < -0.3 is 10.4 Å². The number of rotatable bonds is 5. The average Bonchev–Trinajstić information content (AvgIpc) is 2.48. The van der Waals surface area contributed by atoms with E-state index in [0.29, 0.717) is 11.3 Å². The Hall–Kier alpha value is -2.62. The van der Waals surface area contributed by atoms with Crippen molar-refractivity contribution in [1.82, 2.24) is 0 Å². The van der Waals surface area contributed by atoms with Gasteiger partial charge in [-0.3, -0.25) is 9.59 Å². The van der Waals surface area contributed by atoms with E-state index in [1.807, 2.05) is 24.3 Å². The summed E-state index contributed by atoms with van der Waals surface area (Å²) in [7, 11) is 0. The van der Waals surface area contributed by atoms with Crippen molar-refractivity contribution in [1.29, 1.82) is 0 Å². The van der Waals surface area contributed by atoms with Gasteiger partial charge in [0.05, 0.1) is 5.41 Å². The van der Waals surface area contributed by atoms with E-state index in [1.54, 1.807) is 43.3 Å². The van der Waals surface area contributed by atoms with Crippen LogP contribution in [-0.2, 0) is 15.0 Å². The number of amides is 1. The van der Waals surface area contributed by atoms with Gasteiger partial charge in [0.15, 0.2) is 0 Å². The van der Waals surface area contributed by atoms with Crippen LogP contribution < -0.4 is 5.32 Å². The maximum Gasteiger partial charge on any atom is 0.314 e. The largest absolute Gasteiger partial charge is 0.481 e. The topological polar surface area (TPSA) is 66.4 Å². The summed E-state index contributed by atoms with van der Waals surface area (Å²) >= 11 is 0. The van der Waals surface area contributed by atoms with Crippen molar-refractivity contribution in [3.05, 3.63) is 66.2 Å². The Balaban J connectivity index is 2.17. The predicted molar refractivity (Wildman–Crippen MR) is 81.1 cm³/mol. The summed E-state index contributed by atoms with van der Waals surface area (Å²) in [6.45, 7) is 1.56. The van der Waals surface area contributed by atoms with E-state index in [2.05, 4.69) is 5.32 Å². The first kappa shape index (κ1) is 14.8. The fraction of sp³-hybridized carbons (Fsp3) is 0.176. The average molecular weight is 283 g/mol. The lowest BCUT2D eigenvalue weighted by Crippen LogP contribution is -2.36. The first-order valence-corrected chi connectivity index (χ1v) is 6.66. The van der Waals surface area contributed by atoms with Crippen molar-refractivity contribution in [2.75, 3.05) is 5.32 Å². The smallest absolute Gasteiger partial charge is 0.314 e. The van der Waals surface area contributed by atoms with E-state index in [0.717, 1.165) is 0 Å². The molecule has 0 fully saturated rings. The molecular weight excluding hydrogens is 266 g/mol. The minimum atomic E-state index is -1.25. The molecule has 0 aliphatic rings. The number of carboxylic acid groups (broad SMARTS) is 1. The van der Waals surface area contributed by atoms with Gasteiger partial charge in [0.1, 0.15) is 0 Å². The summed E-state index contributed by atoms with van der Waals surface area (Å²) in [6.07, 6.45) is -0.124. The van der Waals surface area contributed by atoms with Gasteiger partial charge in [-0.2, -0.15) is 0 Å². The number of benzene rings is 2. The lowest BCUT2D eigenvalue weighted by Gasteiger charge is -2.24. The fourth-order valence-corrected chi connectivity index (χ4v) is 2.15. The van der Waals surface area contributed by atoms with Gasteiger partial charge in [0.25, 0.3) is 0 Å². The van der Waals surface area contributed by atoms with Crippen LogP contribution in [0.5, 0.6) is 0 Å². The predicted octanol–water partition coefficient (Wildman–Crippen LogP) is 3.06. The second-order valence-corrected chi connectivity index (χ2v) is 5.09. The third-order valence-corrected chi connectivity index (χ3v) is 3.45. The Kier molecular flexibility index (Phi) is 4.38. The number of hydrogen-bond donors (Lipinski definition) is 2. The summed E-state index contributed by atoms with van der Waals surface area (Å²) in [5.41, 5.74) is 0.0177. The molecule has 1 amide bonds. The molecule has 108 valence electrons. The molecule has 0 heterocycles. The number of carbonyl (C=O) groups is 2. The zero-order chi connectivity index (χ0) is 15.3. The van der Waals surface area contributed by atoms with Crippen molar-refractivity contribution in [3.63, 3.8) is 0 Å². The summed E-state index contributed by atoms with van der Waals surface area (Å²) in [4.78, 5) is 23.8. The quantitative estimate of drug-likeness (QED) is 0.886. The van der Waals surface area contributed by atoms with Gasteiger partial charge >= 0.3 is 5.97 Å².